The van der Waals surface area contributed by atoms with Crippen LogP contribution in [0.25, 0.3) is 0 Å². The first-order valence-electron chi connectivity index (χ1n) is 4.47. The number of allylic oxidation sites excluding steroid dienone is 1. The normalized spacial score (nSPS) is 12.0. The van der Waals surface area contributed by atoms with E-state index in [0.29, 0.717) is 5.69 Å². The molecule has 0 fully saturated rings. The second-order valence-electron chi connectivity index (χ2n) is 2.98. The summed E-state index contributed by atoms with van der Waals surface area (Å²) < 4.78 is 12.6. The number of aliphatic imine (C=N–C) groups is 1. The van der Waals surface area contributed by atoms with E-state index in [1.54, 1.807) is 0 Å². The molecule has 0 aromatic heterocycles. The molecule has 1 aromatic rings. The summed E-state index contributed by atoms with van der Waals surface area (Å²) in [7, 11) is 0. The number of nitrogens with zero attached hydrogens (tertiary/aromatic N) is 2. The van der Waals surface area contributed by atoms with Crippen LogP contribution in [0.5, 0.6) is 0 Å². The van der Waals surface area contributed by atoms with Gasteiger partial charge in [0, 0.05) is 6.21 Å². The maximum absolute atomic E-state index is 12.6. The lowest BCUT2D eigenvalue weighted by atomic mass is 10.2. The van der Waals surface area contributed by atoms with Gasteiger partial charge in [-0.15, -0.1) is 0 Å². The van der Waals surface area contributed by atoms with E-state index in [1.165, 1.54) is 30.3 Å². The maximum Gasteiger partial charge on any atom is 0.340 e. The Morgan fingerprint density at radius 2 is 2.06 bits per heavy atom. The second-order valence-corrected chi connectivity index (χ2v) is 2.98. The van der Waals surface area contributed by atoms with Crippen LogP contribution in [-0.2, 0) is 4.79 Å². The van der Waals surface area contributed by atoms with E-state index in [4.69, 9.17) is 16.1 Å². The zero-order chi connectivity index (χ0) is 12.8. The quantitative estimate of drug-likeness (QED) is 0.467. The van der Waals surface area contributed by atoms with Gasteiger partial charge in [-0.25, -0.2) is 9.18 Å². The summed E-state index contributed by atoms with van der Waals surface area (Å²) in [5.41, 5.74) is 4.70. The number of carboxylic acids is 1. The molecule has 17 heavy (non-hydrogen) atoms. The Hall–Kier alpha value is -2.68. The Morgan fingerprint density at radius 3 is 2.53 bits per heavy atom. The fourth-order valence-electron chi connectivity index (χ4n) is 0.966. The van der Waals surface area contributed by atoms with Gasteiger partial charge in [-0.1, -0.05) is 0 Å². The summed E-state index contributed by atoms with van der Waals surface area (Å²) in [4.78, 5) is 14.5. The van der Waals surface area contributed by atoms with E-state index in [0.717, 1.165) is 6.21 Å². The molecule has 6 heteroatoms. The Morgan fingerprint density at radius 1 is 1.47 bits per heavy atom. The van der Waals surface area contributed by atoms with Crippen LogP contribution in [0, 0.1) is 17.1 Å². The number of rotatable bonds is 3. The molecule has 3 N–H and O–H groups in total. The second kappa shape index (κ2) is 5.42. The third-order valence-corrected chi connectivity index (χ3v) is 1.81. The van der Waals surface area contributed by atoms with Crippen LogP contribution >= 0.6 is 0 Å². The Kier molecular flexibility index (Phi) is 3.95. The van der Waals surface area contributed by atoms with Crippen LogP contribution in [-0.4, -0.2) is 17.3 Å². The number of nitrogens with two attached hydrogens (primary N) is 1. The SMILES string of the molecule is N#CC(N)=C(C=Nc1ccc(F)cc1)C(=O)O. The molecular formula is C11H8FN3O2. The number of hydrogen-bond donors (Lipinski definition) is 2. The van der Waals surface area contributed by atoms with Crippen molar-refractivity contribution in [2.24, 2.45) is 10.7 Å². The number of aliphatic carboxylic acids is 1. The number of hydrogen-bond acceptors (Lipinski definition) is 4. The van der Waals surface area contributed by atoms with Crippen LogP contribution in [0.3, 0.4) is 0 Å². The standard InChI is InChI=1S/C11H8FN3O2/c12-7-1-3-8(4-2-7)15-6-9(11(16)17)10(14)5-13/h1-4,6H,14H2,(H,16,17). The molecule has 0 spiro atoms. The molecule has 0 amide bonds. The van der Waals surface area contributed by atoms with Gasteiger partial charge in [0.2, 0.25) is 0 Å². The molecule has 5 nitrogen and oxygen atoms in total. The monoisotopic (exact) mass is 233 g/mol. The third kappa shape index (κ3) is 3.43. The fraction of sp³-hybridized carbons (Fsp3) is 0. The summed E-state index contributed by atoms with van der Waals surface area (Å²) >= 11 is 0. The molecule has 0 saturated heterocycles. The largest absolute Gasteiger partial charge is 0.478 e. The maximum atomic E-state index is 12.6. The van der Waals surface area contributed by atoms with Crippen LogP contribution < -0.4 is 5.73 Å². The minimum atomic E-state index is -1.35. The molecule has 1 aromatic carbocycles. The van der Waals surface area contributed by atoms with E-state index >= 15 is 0 Å². The molecule has 0 unspecified atom stereocenters. The van der Waals surface area contributed by atoms with Gasteiger partial charge in [-0.05, 0) is 24.3 Å². The van der Waals surface area contributed by atoms with Gasteiger partial charge in [-0.3, -0.25) is 4.99 Å². The average molecular weight is 233 g/mol. The van der Waals surface area contributed by atoms with Crippen LogP contribution in [0.4, 0.5) is 10.1 Å². The van der Waals surface area contributed by atoms with E-state index in [-0.39, 0.29) is 0 Å². The lowest BCUT2D eigenvalue weighted by molar-refractivity contribution is -0.132. The molecule has 0 saturated carbocycles. The minimum absolute atomic E-state index is 0.357. The first kappa shape index (κ1) is 12.4. The van der Waals surface area contributed by atoms with Gasteiger partial charge in [-0.2, -0.15) is 5.26 Å². The van der Waals surface area contributed by atoms with Gasteiger partial charge in [0.1, 0.15) is 23.2 Å². The first-order chi connectivity index (χ1) is 8.04. The van der Waals surface area contributed by atoms with Crippen molar-refractivity contribution < 1.29 is 14.3 Å². The van der Waals surface area contributed by atoms with E-state index in [1.807, 2.05) is 0 Å². The molecular weight excluding hydrogens is 225 g/mol. The molecule has 0 atom stereocenters. The molecule has 0 heterocycles. The van der Waals surface area contributed by atoms with Crippen LogP contribution in [0.15, 0.2) is 40.5 Å². The van der Waals surface area contributed by atoms with Crippen molar-refractivity contribution in [1.82, 2.24) is 0 Å². The lowest BCUT2D eigenvalue weighted by Crippen LogP contribution is -2.10. The average Bonchev–Trinajstić information content (AvgIpc) is 2.31. The van der Waals surface area contributed by atoms with E-state index in [9.17, 15) is 9.18 Å². The molecule has 86 valence electrons. The van der Waals surface area contributed by atoms with E-state index < -0.39 is 23.1 Å². The molecule has 0 aliphatic heterocycles. The predicted molar refractivity (Wildman–Crippen MR) is 59.0 cm³/mol. The van der Waals surface area contributed by atoms with E-state index in [2.05, 4.69) is 4.99 Å². The van der Waals surface area contributed by atoms with Gasteiger partial charge >= 0.3 is 5.97 Å². The Bertz CT molecular complexity index is 527. The van der Waals surface area contributed by atoms with Crippen LogP contribution in [0.1, 0.15) is 0 Å². The van der Waals surface area contributed by atoms with Crippen molar-refractivity contribution in [2.75, 3.05) is 0 Å². The van der Waals surface area contributed by atoms with Gasteiger partial charge < -0.3 is 10.8 Å². The van der Waals surface area contributed by atoms with Crippen LogP contribution in [0.2, 0.25) is 0 Å². The lowest BCUT2D eigenvalue weighted by Gasteiger charge is -1.96. The molecule has 0 aliphatic rings. The fourth-order valence-corrected chi connectivity index (χ4v) is 0.966. The van der Waals surface area contributed by atoms with Crippen molar-refractivity contribution in [3.05, 3.63) is 41.4 Å². The summed E-state index contributed by atoms with van der Waals surface area (Å²) in [6.45, 7) is 0. The summed E-state index contributed by atoms with van der Waals surface area (Å²) in [6, 6.07) is 6.62. The molecule has 0 bridgehead atoms. The number of carboxylic acid groups (broad SMARTS) is 1. The molecule has 0 aliphatic carbocycles. The molecule has 0 radical (unpaired) electrons. The highest BCUT2D eigenvalue weighted by Gasteiger charge is 2.09. The van der Waals surface area contributed by atoms with Gasteiger partial charge in [0.25, 0.3) is 0 Å². The number of benzene rings is 1. The topological polar surface area (TPSA) is 99.5 Å². The zero-order valence-electron chi connectivity index (χ0n) is 8.59. The van der Waals surface area contributed by atoms with Crippen molar-refractivity contribution >= 4 is 17.9 Å². The van der Waals surface area contributed by atoms with Crippen molar-refractivity contribution in [2.45, 2.75) is 0 Å². The highest BCUT2D eigenvalue weighted by molar-refractivity contribution is 6.10. The number of halogens is 1. The van der Waals surface area contributed by atoms with Gasteiger partial charge in [0.05, 0.1) is 5.69 Å². The number of nitriles is 1. The molecule has 1 rings (SSSR count). The Balaban J connectivity index is 3.01. The summed E-state index contributed by atoms with van der Waals surface area (Å²) in [5.74, 6) is -1.77. The summed E-state index contributed by atoms with van der Waals surface area (Å²) in [6.07, 6.45) is 0.953. The summed E-state index contributed by atoms with van der Waals surface area (Å²) in [5, 5.41) is 17.2. The smallest absolute Gasteiger partial charge is 0.340 e. The predicted octanol–water partition coefficient (Wildman–Crippen LogP) is 1.35. The van der Waals surface area contributed by atoms with Crippen molar-refractivity contribution in [3.8, 4) is 6.07 Å². The highest BCUT2D eigenvalue weighted by atomic mass is 19.1. The van der Waals surface area contributed by atoms with Crippen molar-refractivity contribution in [1.29, 1.82) is 5.26 Å². The zero-order valence-corrected chi connectivity index (χ0v) is 8.59. The number of carbonyl (C=O) groups is 1. The highest BCUT2D eigenvalue weighted by Crippen LogP contribution is 2.12. The Labute approximate surface area is 96.3 Å². The van der Waals surface area contributed by atoms with Crippen molar-refractivity contribution in [3.63, 3.8) is 0 Å². The first-order valence-corrected chi connectivity index (χ1v) is 4.47. The minimum Gasteiger partial charge on any atom is -0.478 e. The third-order valence-electron chi connectivity index (χ3n) is 1.81. The van der Waals surface area contributed by atoms with Gasteiger partial charge in [0.15, 0.2) is 0 Å².